The maximum atomic E-state index is 12.3. The molecule has 0 aliphatic heterocycles. The Morgan fingerprint density at radius 1 is 1.19 bits per heavy atom. The summed E-state index contributed by atoms with van der Waals surface area (Å²) in [6, 6.07) is 12.8. The van der Waals surface area contributed by atoms with E-state index >= 15 is 0 Å². The van der Waals surface area contributed by atoms with Gasteiger partial charge in [0.1, 0.15) is 11.6 Å². The molecule has 0 fully saturated rings. The second-order valence-electron chi connectivity index (χ2n) is 7.79. The van der Waals surface area contributed by atoms with Crippen LogP contribution in [-0.2, 0) is 23.3 Å². The smallest absolute Gasteiger partial charge is 0.230 e. The van der Waals surface area contributed by atoms with Crippen molar-refractivity contribution >= 4 is 17.4 Å². The van der Waals surface area contributed by atoms with E-state index in [1.165, 1.54) is 4.68 Å². The Labute approximate surface area is 180 Å². The molecule has 3 aromatic rings. The van der Waals surface area contributed by atoms with E-state index in [1.807, 2.05) is 51.1 Å². The fraction of sp³-hybridized carbons (Fsp3) is 0.333. The van der Waals surface area contributed by atoms with Gasteiger partial charge in [-0.15, -0.1) is 5.10 Å². The summed E-state index contributed by atoms with van der Waals surface area (Å²) >= 11 is 0. The molecule has 0 unspecified atom stereocenters. The summed E-state index contributed by atoms with van der Waals surface area (Å²) < 4.78 is 6.83. The molecule has 1 N–H and O–H groups in total. The fourth-order valence-electron chi connectivity index (χ4n) is 2.53. The van der Waals surface area contributed by atoms with Crippen molar-refractivity contribution in [3.63, 3.8) is 0 Å². The van der Waals surface area contributed by atoms with Crippen molar-refractivity contribution in [1.82, 2.24) is 25.2 Å². The number of methoxy groups -OCH3 is 1. The van der Waals surface area contributed by atoms with Crippen molar-refractivity contribution in [3.05, 3.63) is 59.5 Å². The van der Waals surface area contributed by atoms with Gasteiger partial charge in [-0.05, 0) is 10.4 Å². The highest BCUT2D eigenvalue weighted by molar-refractivity contribution is 6.10. The van der Waals surface area contributed by atoms with Crippen molar-refractivity contribution in [2.75, 3.05) is 12.4 Å². The minimum absolute atomic E-state index is 0.0528. The highest BCUT2D eigenvalue weighted by Crippen LogP contribution is 2.21. The average molecular weight is 423 g/mol. The molecule has 3 rings (SSSR count). The van der Waals surface area contributed by atoms with Gasteiger partial charge in [0.15, 0.2) is 12.3 Å². The van der Waals surface area contributed by atoms with Crippen molar-refractivity contribution in [1.29, 1.82) is 0 Å². The van der Waals surface area contributed by atoms with Gasteiger partial charge in [0, 0.05) is 30.2 Å². The first-order valence-corrected chi connectivity index (χ1v) is 9.62. The lowest BCUT2D eigenvalue weighted by atomic mass is 9.96. The van der Waals surface area contributed by atoms with Crippen LogP contribution >= 0.6 is 0 Å². The number of aromatic nitrogens is 5. The molecule has 0 bridgehead atoms. The second kappa shape index (κ2) is 9.33. The number of carbonyl (C=O) groups is 1. The number of benzene rings is 1. The van der Waals surface area contributed by atoms with Gasteiger partial charge in [0.05, 0.1) is 12.8 Å². The number of hydrogen-bond acceptors (Lipinski definition) is 8. The number of carbonyl (C=O) groups excluding carboxylic acids is 1. The van der Waals surface area contributed by atoms with Gasteiger partial charge in [0.2, 0.25) is 11.7 Å². The Hall–Kier alpha value is -3.82. The van der Waals surface area contributed by atoms with Crippen LogP contribution in [-0.4, -0.2) is 43.9 Å². The standard InChI is InChI=1S/C21H25N7O3/c1-21(2,3)20(29)23-17-12-16(30-5)11-15(22-17)13-31-25-18(14-9-7-6-8-10-14)19-24-26-27-28(19)4/h6-12H,13H2,1-5H3,(H,22,23,29)/b25-18+. The van der Waals surface area contributed by atoms with Crippen LogP contribution < -0.4 is 10.1 Å². The van der Waals surface area contributed by atoms with Gasteiger partial charge in [-0.3, -0.25) is 4.79 Å². The van der Waals surface area contributed by atoms with Crippen LogP contribution in [0.3, 0.4) is 0 Å². The van der Waals surface area contributed by atoms with Crippen LogP contribution in [0.2, 0.25) is 0 Å². The normalized spacial score (nSPS) is 11.8. The van der Waals surface area contributed by atoms with Gasteiger partial charge >= 0.3 is 0 Å². The fourth-order valence-corrected chi connectivity index (χ4v) is 2.53. The van der Waals surface area contributed by atoms with Crippen LogP contribution in [0.15, 0.2) is 47.6 Å². The van der Waals surface area contributed by atoms with E-state index in [0.717, 1.165) is 5.56 Å². The Morgan fingerprint density at radius 3 is 2.55 bits per heavy atom. The van der Waals surface area contributed by atoms with Crippen LogP contribution in [0.25, 0.3) is 0 Å². The number of nitrogens with one attached hydrogen (secondary N) is 1. The summed E-state index contributed by atoms with van der Waals surface area (Å²) in [6.07, 6.45) is 0. The number of tetrazole rings is 1. The summed E-state index contributed by atoms with van der Waals surface area (Å²) in [7, 11) is 3.27. The van der Waals surface area contributed by atoms with Gasteiger partial charge < -0.3 is 14.9 Å². The number of aryl methyl sites for hydroxylation is 1. The SMILES string of the molecule is COc1cc(CO/N=C(\c2ccccc2)c2nnnn2C)nc(NC(=O)C(C)(C)C)c1. The van der Waals surface area contributed by atoms with E-state index in [1.54, 1.807) is 26.3 Å². The molecular weight excluding hydrogens is 398 g/mol. The highest BCUT2D eigenvalue weighted by atomic mass is 16.6. The molecule has 162 valence electrons. The Kier molecular flexibility index (Phi) is 6.58. The number of pyridine rings is 1. The zero-order chi connectivity index (χ0) is 22.4. The monoisotopic (exact) mass is 423 g/mol. The lowest BCUT2D eigenvalue weighted by molar-refractivity contribution is -0.123. The molecule has 1 aromatic carbocycles. The van der Waals surface area contributed by atoms with Crippen molar-refractivity contribution in [2.24, 2.45) is 17.6 Å². The average Bonchev–Trinajstić information content (AvgIpc) is 3.16. The first-order valence-electron chi connectivity index (χ1n) is 9.62. The quantitative estimate of drug-likeness (QED) is 0.458. The van der Waals surface area contributed by atoms with E-state index < -0.39 is 5.41 Å². The number of nitrogens with zero attached hydrogens (tertiary/aromatic N) is 6. The highest BCUT2D eigenvalue weighted by Gasteiger charge is 2.22. The van der Waals surface area contributed by atoms with Gasteiger partial charge in [-0.2, -0.15) is 0 Å². The molecule has 0 radical (unpaired) electrons. The van der Waals surface area contributed by atoms with Crippen LogP contribution in [0.1, 0.15) is 37.9 Å². The zero-order valence-electron chi connectivity index (χ0n) is 18.2. The molecule has 0 saturated heterocycles. The summed E-state index contributed by atoms with van der Waals surface area (Å²) in [5.41, 5.74) is 1.27. The van der Waals surface area contributed by atoms with E-state index in [0.29, 0.717) is 28.8 Å². The number of anilines is 1. The first kappa shape index (κ1) is 21.9. The molecule has 10 nitrogen and oxygen atoms in total. The topological polar surface area (TPSA) is 116 Å². The van der Waals surface area contributed by atoms with Gasteiger partial charge in [-0.25, -0.2) is 9.67 Å². The maximum Gasteiger partial charge on any atom is 0.230 e. The molecule has 10 heteroatoms. The molecule has 31 heavy (non-hydrogen) atoms. The second-order valence-corrected chi connectivity index (χ2v) is 7.79. The molecule has 0 aliphatic rings. The van der Waals surface area contributed by atoms with Crippen LogP contribution in [0, 0.1) is 5.41 Å². The van der Waals surface area contributed by atoms with Gasteiger partial charge in [-0.1, -0.05) is 56.3 Å². The molecule has 0 aliphatic carbocycles. The molecule has 2 aromatic heterocycles. The number of oxime groups is 1. The van der Waals surface area contributed by atoms with Crippen molar-refractivity contribution in [2.45, 2.75) is 27.4 Å². The minimum Gasteiger partial charge on any atom is -0.497 e. The van der Waals surface area contributed by atoms with Crippen LogP contribution in [0.4, 0.5) is 5.82 Å². The third kappa shape index (κ3) is 5.62. The van der Waals surface area contributed by atoms with Gasteiger partial charge in [0.25, 0.3) is 0 Å². The van der Waals surface area contributed by atoms with Crippen molar-refractivity contribution < 1.29 is 14.4 Å². The number of ether oxygens (including phenoxy) is 1. The van der Waals surface area contributed by atoms with E-state index in [2.05, 4.69) is 31.0 Å². The molecular formula is C21H25N7O3. The molecule has 0 atom stereocenters. The Balaban J connectivity index is 1.83. The third-order valence-corrected chi connectivity index (χ3v) is 4.26. The third-order valence-electron chi connectivity index (χ3n) is 4.26. The Morgan fingerprint density at radius 2 is 1.94 bits per heavy atom. The van der Waals surface area contributed by atoms with E-state index in [4.69, 9.17) is 9.57 Å². The predicted octanol–water partition coefficient (Wildman–Crippen LogP) is 2.57. The van der Waals surface area contributed by atoms with Crippen LogP contribution in [0.5, 0.6) is 5.75 Å². The molecule has 0 saturated carbocycles. The molecule has 0 spiro atoms. The molecule has 1 amide bonds. The maximum absolute atomic E-state index is 12.3. The molecule has 2 heterocycles. The number of hydrogen-bond donors (Lipinski definition) is 1. The zero-order valence-corrected chi connectivity index (χ0v) is 18.2. The lowest BCUT2D eigenvalue weighted by Gasteiger charge is -2.17. The van der Waals surface area contributed by atoms with Crippen molar-refractivity contribution in [3.8, 4) is 5.75 Å². The predicted molar refractivity (Wildman–Crippen MR) is 115 cm³/mol. The summed E-state index contributed by atoms with van der Waals surface area (Å²) in [6.45, 7) is 5.53. The largest absolute Gasteiger partial charge is 0.497 e. The first-order chi connectivity index (χ1) is 14.8. The lowest BCUT2D eigenvalue weighted by Crippen LogP contribution is -2.28. The van der Waals surface area contributed by atoms with E-state index in [-0.39, 0.29) is 12.5 Å². The summed E-state index contributed by atoms with van der Waals surface area (Å²) in [4.78, 5) is 22.3. The minimum atomic E-state index is -0.555. The number of rotatable bonds is 7. The van der Waals surface area contributed by atoms with E-state index in [9.17, 15) is 4.79 Å². The number of amides is 1. The summed E-state index contributed by atoms with van der Waals surface area (Å²) in [5.74, 6) is 1.23. The Bertz CT molecular complexity index is 1070. The summed E-state index contributed by atoms with van der Waals surface area (Å²) in [5, 5.41) is 18.6.